The summed E-state index contributed by atoms with van der Waals surface area (Å²) in [6.07, 6.45) is 3.54. The van der Waals surface area contributed by atoms with E-state index in [4.69, 9.17) is 0 Å². The normalized spacial score (nSPS) is 10.6. The molecule has 0 atom stereocenters. The van der Waals surface area contributed by atoms with Crippen molar-refractivity contribution < 1.29 is 0 Å². The summed E-state index contributed by atoms with van der Waals surface area (Å²) in [4.78, 5) is 14.0. The van der Waals surface area contributed by atoms with Gasteiger partial charge in [-0.2, -0.15) is 0 Å². The van der Waals surface area contributed by atoms with Crippen LogP contribution in [0.15, 0.2) is 36.7 Å². The molecule has 0 fully saturated rings. The van der Waals surface area contributed by atoms with Crippen LogP contribution in [0.4, 0.5) is 5.13 Å². The highest BCUT2D eigenvalue weighted by Gasteiger charge is 2.05. The Morgan fingerprint density at radius 1 is 1.06 bits per heavy atom. The first-order valence-electron chi connectivity index (χ1n) is 5.22. The molecule has 0 radical (unpaired) electrons. The molecular weight excluding hydrogens is 232 g/mol. The maximum Gasteiger partial charge on any atom is 0.185 e. The van der Waals surface area contributed by atoms with Gasteiger partial charge in [-0.25, -0.2) is 9.97 Å². The summed E-state index contributed by atoms with van der Waals surface area (Å²) in [7, 11) is 1.86. The summed E-state index contributed by atoms with van der Waals surface area (Å²) in [5, 5.41) is 3.92. The topological polar surface area (TPSA) is 50.7 Å². The Bertz CT molecular complexity index is 648. The van der Waals surface area contributed by atoms with Crippen LogP contribution in [0.5, 0.6) is 0 Å². The molecule has 3 aromatic rings. The van der Waals surface area contributed by atoms with Gasteiger partial charge in [0.1, 0.15) is 10.3 Å². The van der Waals surface area contributed by atoms with Crippen molar-refractivity contribution >= 4 is 26.8 Å². The summed E-state index contributed by atoms with van der Waals surface area (Å²) < 4.78 is 0. The summed E-state index contributed by atoms with van der Waals surface area (Å²) in [6.45, 7) is 0. The van der Waals surface area contributed by atoms with E-state index in [9.17, 15) is 0 Å². The number of nitrogens with one attached hydrogen (secondary N) is 1. The number of anilines is 1. The number of thiazole rings is 1. The van der Waals surface area contributed by atoms with Crippen molar-refractivity contribution in [1.29, 1.82) is 0 Å². The second kappa shape index (κ2) is 4.10. The van der Waals surface area contributed by atoms with E-state index >= 15 is 0 Å². The fourth-order valence-corrected chi connectivity index (χ4v) is 2.40. The molecule has 0 bridgehead atoms. The molecule has 17 heavy (non-hydrogen) atoms. The van der Waals surface area contributed by atoms with Gasteiger partial charge in [0.05, 0.1) is 5.69 Å². The van der Waals surface area contributed by atoms with E-state index in [-0.39, 0.29) is 0 Å². The zero-order valence-electron chi connectivity index (χ0n) is 9.21. The number of pyridine rings is 2. The minimum Gasteiger partial charge on any atom is -0.365 e. The van der Waals surface area contributed by atoms with E-state index in [1.54, 1.807) is 23.7 Å². The predicted molar refractivity (Wildman–Crippen MR) is 70.2 cm³/mol. The van der Waals surface area contributed by atoms with Gasteiger partial charge in [0.2, 0.25) is 0 Å². The van der Waals surface area contributed by atoms with E-state index in [2.05, 4.69) is 20.3 Å². The fraction of sp³-hybridized carbons (Fsp3) is 0.0833. The van der Waals surface area contributed by atoms with Crippen molar-refractivity contribution in [2.24, 2.45) is 0 Å². The third kappa shape index (κ3) is 1.85. The first-order valence-corrected chi connectivity index (χ1v) is 6.04. The van der Waals surface area contributed by atoms with Gasteiger partial charge in [-0.05, 0) is 24.3 Å². The Morgan fingerprint density at radius 3 is 2.65 bits per heavy atom. The molecule has 0 saturated carbocycles. The molecule has 0 amide bonds. The molecule has 0 aliphatic heterocycles. The van der Waals surface area contributed by atoms with E-state index < -0.39 is 0 Å². The number of nitrogens with zero attached hydrogens (tertiary/aromatic N) is 3. The smallest absolute Gasteiger partial charge is 0.185 e. The van der Waals surface area contributed by atoms with Crippen LogP contribution in [0.1, 0.15) is 0 Å². The Hall–Kier alpha value is -2.01. The Labute approximate surface area is 102 Å². The highest BCUT2D eigenvalue weighted by molar-refractivity contribution is 7.21. The van der Waals surface area contributed by atoms with Crippen LogP contribution in [0.25, 0.3) is 21.6 Å². The molecule has 5 heteroatoms. The number of hydrogen-bond donors (Lipinski definition) is 1. The van der Waals surface area contributed by atoms with Crippen molar-refractivity contribution in [2.45, 2.75) is 0 Å². The summed E-state index contributed by atoms with van der Waals surface area (Å²) in [6, 6.07) is 7.88. The maximum atomic E-state index is 4.60. The quantitative estimate of drug-likeness (QED) is 0.750. The lowest BCUT2D eigenvalue weighted by Gasteiger charge is -1.98. The number of fused-ring (bicyclic) bond motifs is 1. The van der Waals surface area contributed by atoms with Crippen molar-refractivity contribution in [3.63, 3.8) is 0 Å². The highest BCUT2D eigenvalue weighted by atomic mass is 32.1. The third-order valence-corrected chi connectivity index (χ3v) is 3.43. The van der Waals surface area contributed by atoms with Gasteiger partial charge in [0.15, 0.2) is 5.13 Å². The average Bonchev–Trinajstić information content (AvgIpc) is 2.81. The molecule has 3 rings (SSSR count). The van der Waals surface area contributed by atoms with Crippen molar-refractivity contribution in [3.05, 3.63) is 36.7 Å². The second-order valence-electron chi connectivity index (χ2n) is 3.53. The Balaban J connectivity index is 2.13. The number of aromatic nitrogens is 3. The van der Waals surface area contributed by atoms with Crippen molar-refractivity contribution in [1.82, 2.24) is 15.0 Å². The predicted octanol–water partition coefficient (Wildman–Crippen LogP) is 2.80. The largest absolute Gasteiger partial charge is 0.365 e. The van der Waals surface area contributed by atoms with Gasteiger partial charge in [0, 0.05) is 25.0 Å². The fourth-order valence-electron chi connectivity index (χ4n) is 1.61. The van der Waals surface area contributed by atoms with Gasteiger partial charge < -0.3 is 5.32 Å². The van der Waals surface area contributed by atoms with E-state index in [0.29, 0.717) is 0 Å². The summed E-state index contributed by atoms with van der Waals surface area (Å²) in [5.41, 5.74) is 2.95. The molecule has 0 spiro atoms. The highest BCUT2D eigenvalue weighted by Crippen LogP contribution is 2.26. The molecule has 3 aromatic heterocycles. The lowest BCUT2D eigenvalue weighted by Crippen LogP contribution is -1.84. The molecule has 1 N–H and O–H groups in total. The second-order valence-corrected chi connectivity index (χ2v) is 4.50. The van der Waals surface area contributed by atoms with E-state index in [0.717, 1.165) is 26.7 Å². The minimum absolute atomic E-state index is 0.888. The third-order valence-electron chi connectivity index (χ3n) is 2.45. The first kappa shape index (κ1) is 10.2. The van der Waals surface area contributed by atoms with E-state index in [1.165, 1.54) is 0 Å². The van der Waals surface area contributed by atoms with Gasteiger partial charge >= 0.3 is 0 Å². The van der Waals surface area contributed by atoms with Gasteiger partial charge in [-0.3, -0.25) is 4.98 Å². The van der Waals surface area contributed by atoms with Gasteiger partial charge in [-0.15, -0.1) is 0 Å². The van der Waals surface area contributed by atoms with Crippen LogP contribution in [0.3, 0.4) is 0 Å². The van der Waals surface area contributed by atoms with Crippen LogP contribution >= 0.6 is 11.3 Å². The van der Waals surface area contributed by atoms with Crippen molar-refractivity contribution in [3.8, 4) is 11.3 Å². The zero-order chi connectivity index (χ0) is 11.7. The number of rotatable bonds is 2. The van der Waals surface area contributed by atoms with E-state index in [1.807, 2.05) is 31.3 Å². The molecule has 84 valence electrons. The lowest BCUT2D eigenvalue weighted by molar-refractivity contribution is 1.31. The SMILES string of the molecule is CNc1nc2ccc(-c3ccncc3)nc2s1. The minimum atomic E-state index is 0.888. The number of hydrogen-bond acceptors (Lipinski definition) is 5. The zero-order valence-corrected chi connectivity index (χ0v) is 10.0. The molecule has 0 aliphatic rings. The van der Waals surface area contributed by atoms with Gasteiger partial charge in [0.25, 0.3) is 0 Å². The van der Waals surface area contributed by atoms with Crippen molar-refractivity contribution in [2.75, 3.05) is 12.4 Å². The summed E-state index contributed by atoms with van der Waals surface area (Å²) >= 11 is 1.56. The molecule has 0 saturated heterocycles. The van der Waals surface area contributed by atoms with Crippen LogP contribution in [-0.4, -0.2) is 22.0 Å². The molecule has 4 nitrogen and oxygen atoms in total. The monoisotopic (exact) mass is 242 g/mol. The van der Waals surface area contributed by atoms with Crippen LogP contribution in [0.2, 0.25) is 0 Å². The Kier molecular flexibility index (Phi) is 2.45. The average molecular weight is 242 g/mol. The standard InChI is InChI=1S/C12H10N4S/c1-13-12-16-10-3-2-9(15-11(10)17-12)8-4-6-14-7-5-8/h2-7H,1H3,(H,13,16). The van der Waals surface area contributed by atoms with Crippen LogP contribution < -0.4 is 5.32 Å². The molecular formula is C12H10N4S. The van der Waals surface area contributed by atoms with Gasteiger partial charge in [-0.1, -0.05) is 11.3 Å². The molecule has 3 heterocycles. The maximum absolute atomic E-state index is 4.60. The lowest BCUT2D eigenvalue weighted by atomic mass is 10.2. The molecule has 0 aromatic carbocycles. The molecule has 0 unspecified atom stereocenters. The van der Waals surface area contributed by atoms with Crippen LogP contribution in [-0.2, 0) is 0 Å². The first-order chi connectivity index (χ1) is 8.36. The van der Waals surface area contributed by atoms with Crippen LogP contribution in [0, 0.1) is 0 Å². The summed E-state index contributed by atoms with van der Waals surface area (Å²) in [5.74, 6) is 0. The Morgan fingerprint density at radius 2 is 1.88 bits per heavy atom. The molecule has 0 aliphatic carbocycles.